The molecule has 0 bridgehead atoms. The molecule has 0 N–H and O–H groups in total. The zero-order valence-electron chi connectivity index (χ0n) is 18.2. The summed E-state index contributed by atoms with van der Waals surface area (Å²) >= 11 is 14.2. The number of anilines is 1. The monoisotopic (exact) mass is 501 g/mol. The van der Waals surface area contributed by atoms with Crippen LogP contribution >= 0.6 is 35.0 Å². The van der Waals surface area contributed by atoms with Crippen molar-refractivity contribution in [2.24, 2.45) is 0 Å². The molecule has 1 amide bonds. The number of halogens is 2. The topological polar surface area (TPSA) is 48.0 Å². The summed E-state index contributed by atoms with van der Waals surface area (Å²) in [6, 6.07) is 18.4. The van der Waals surface area contributed by atoms with E-state index in [9.17, 15) is 4.79 Å². The van der Waals surface area contributed by atoms with Gasteiger partial charge >= 0.3 is 0 Å². The Hall–Kier alpha value is -2.80. The smallest absolute Gasteiger partial charge is 0.266 e. The number of benzene rings is 3. The highest BCUT2D eigenvalue weighted by Crippen LogP contribution is 2.52. The Bertz CT molecular complexity index is 1190. The van der Waals surface area contributed by atoms with Crippen LogP contribution in [0, 0.1) is 0 Å². The minimum atomic E-state index is -0.433. The fraction of sp³-hybridized carbons (Fsp3) is 0.160. The number of ether oxygens (including phenoxy) is 3. The summed E-state index contributed by atoms with van der Waals surface area (Å²) in [5.41, 5.74) is 2.24. The molecule has 1 heterocycles. The van der Waals surface area contributed by atoms with Crippen LogP contribution in [0.1, 0.15) is 16.5 Å². The van der Waals surface area contributed by atoms with Gasteiger partial charge in [0, 0.05) is 5.02 Å². The summed E-state index contributed by atoms with van der Waals surface area (Å²) < 4.78 is 16.5. The molecule has 33 heavy (non-hydrogen) atoms. The minimum Gasteiger partial charge on any atom is -0.493 e. The maximum absolute atomic E-state index is 13.6. The number of thioether (sulfide) groups is 1. The van der Waals surface area contributed by atoms with E-state index in [2.05, 4.69) is 0 Å². The lowest BCUT2D eigenvalue weighted by Crippen LogP contribution is -2.27. The molecule has 170 valence electrons. The lowest BCUT2D eigenvalue weighted by Gasteiger charge is -2.26. The molecule has 1 unspecified atom stereocenters. The first kappa shape index (κ1) is 23.4. The van der Waals surface area contributed by atoms with Crippen molar-refractivity contribution in [3.8, 4) is 17.2 Å². The van der Waals surface area contributed by atoms with Crippen molar-refractivity contribution >= 4 is 52.6 Å². The largest absolute Gasteiger partial charge is 0.493 e. The first-order chi connectivity index (χ1) is 16.0. The normalized spacial score (nSPS) is 16.9. The Morgan fingerprint density at radius 1 is 0.909 bits per heavy atom. The third kappa shape index (κ3) is 4.64. The number of hydrogen-bond acceptors (Lipinski definition) is 5. The van der Waals surface area contributed by atoms with Crippen LogP contribution in [0.5, 0.6) is 17.2 Å². The van der Waals surface area contributed by atoms with Gasteiger partial charge in [-0.25, -0.2) is 0 Å². The molecule has 5 nitrogen and oxygen atoms in total. The molecule has 0 saturated carbocycles. The molecular weight excluding hydrogens is 481 g/mol. The van der Waals surface area contributed by atoms with Gasteiger partial charge in [0.05, 0.1) is 36.9 Å². The molecule has 3 aromatic rings. The van der Waals surface area contributed by atoms with E-state index in [0.29, 0.717) is 37.9 Å². The van der Waals surface area contributed by atoms with Crippen LogP contribution in [0.4, 0.5) is 5.69 Å². The average molecular weight is 502 g/mol. The van der Waals surface area contributed by atoms with Gasteiger partial charge in [0.25, 0.3) is 5.91 Å². The standard InChI is InChI=1S/C25H21Cl2NO4S/c1-30-20-12-16(13-21(31-2)23(20)32-3)25-28(19-14-17(26)9-10-18(19)27)24(29)22(33-25)11-15-7-5-4-6-8-15/h4-14,25H,1-3H3/b22-11+. The Kier molecular flexibility index (Phi) is 7.08. The predicted octanol–water partition coefficient (Wildman–Crippen LogP) is 6.84. The minimum absolute atomic E-state index is 0.174. The second-order valence-electron chi connectivity index (χ2n) is 7.12. The van der Waals surface area contributed by atoms with Crippen molar-refractivity contribution in [2.45, 2.75) is 5.37 Å². The van der Waals surface area contributed by atoms with E-state index in [4.69, 9.17) is 37.4 Å². The Morgan fingerprint density at radius 2 is 1.58 bits per heavy atom. The number of carbonyl (C=O) groups is 1. The number of rotatable bonds is 6. The van der Waals surface area contributed by atoms with Gasteiger partial charge in [0.1, 0.15) is 5.37 Å². The second kappa shape index (κ2) is 10.00. The Labute approximate surface area is 206 Å². The van der Waals surface area contributed by atoms with E-state index in [1.807, 2.05) is 48.5 Å². The van der Waals surface area contributed by atoms with Gasteiger partial charge in [-0.1, -0.05) is 65.3 Å². The van der Waals surface area contributed by atoms with Crippen LogP contribution in [-0.2, 0) is 4.79 Å². The van der Waals surface area contributed by atoms with Crippen LogP contribution < -0.4 is 19.1 Å². The van der Waals surface area contributed by atoms with Gasteiger partial charge < -0.3 is 14.2 Å². The van der Waals surface area contributed by atoms with Gasteiger partial charge in [0.15, 0.2) is 11.5 Å². The van der Waals surface area contributed by atoms with Crippen LogP contribution in [0.2, 0.25) is 10.0 Å². The third-order valence-corrected chi connectivity index (χ3v) is 6.95. The second-order valence-corrected chi connectivity index (χ2v) is 9.08. The van der Waals surface area contributed by atoms with Gasteiger partial charge in [0.2, 0.25) is 5.75 Å². The van der Waals surface area contributed by atoms with Crippen molar-refractivity contribution < 1.29 is 19.0 Å². The van der Waals surface area contributed by atoms with E-state index < -0.39 is 5.37 Å². The first-order valence-corrected chi connectivity index (χ1v) is 11.6. The van der Waals surface area contributed by atoms with Crippen molar-refractivity contribution in [3.63, 3.8) is 0 Å². The average Bonchev–Trinajstić information content (AvgIpc) is 3.15. The lowest BCUT2D eigenvalue weighted by atomic mass is 10.1. The highest BCUT2D eigenvalue weighted by Gasteiger charge is 2.40. The fourth-order valence-electron chi connectivity index (χ4n) is 3.61. The molecule has 8 heteroatoms. The zero-order chi connectivity index (χ0) is 23.5. The summed E-state index contributed by atoms with van der Waals surface area (Å²) in [6.07, 6.45) is 1.87. The SMILES string of the molecule is COc1cc(C2S/C(=C/c3ccccc3)C(=O)N2c2cc(Cl)ccc2Cl)cc(OC)c1OC. The van der Waals surface area contributed by atoms with E-state index in [-0.39, 0.29) is 5.91 Å². The number of nitrogens with zero attached hydrogens (tertiary/aromatic N) is 1. The van der Waals surface area contributed by atoms with Crippen LogP contribution in [0.25, 0.3) is 6.08 Å². The molecular formula is C25H21Cl2NO4S. The van der Waals surface area contributed by atoms with Crippen LogP contribution in [0.15, 0.2) is 65.6 Å². The molecule has 0 aliphatic carbocycles. The van der Waals surface area contributed by atoms with Gasteiger partial charge in [-0.2, -0.15) is 0 Å². The predicted molar refractivity (Wildman–Crippen MR) is 135 cm³/mol. The maximum Gasteiger partial charge on any atom is 0.266 e. The van der Waals surface area contributed by atoms with Crippen LogP contribution in [-0.4, -0.2) is 27.2 Å². The highest BCUT2D eigenvalue weighted by atomic mass is 35.5. The summed E-state index contributed by atoms with van der Waals surface area (Å²) in [7, 11) is 4.66. The summed E-state index contributed by atoms with van der Waals surface area (Å²) in [6.45, 7) is 0. The molecule has 3 aromatic carbocycles. The summed E-state index contributed by atoms with van der Waals surface area (Å²) in [5, 5.41) is 0.472. The van der Waals surface area contributed by atoms with Gasteiger partial charge in [-0.15, -0.1) is 0 Å². The van der Waals surface area contributed by atoms with Crippen molar-refractivity contribution in [1.82, 2.24) is 0 Å². The van der Waals surface area contributed by atoms with Gasteiger partial charge in [-0.05, 0) is 47.5 Å². The Balaban J connectivity index is 1.88. The van der Waals surface area contributed by atoms with Gasteiger partial charge in [-0.3, -0.25) is 9.69 Å². The molecule has 0 radical (unpaired) electrons. The zero-order valence-corrected chi connectivity index (χ0v) is 20.5. The van der Waals surface area contributed by atoms with E-state index in [0.717, 1.165) is 11.1 Å². The Morgan fingerprint density at radius 3 is 2.18 bits per heavy atom. The molecule has 1 aliphatic rings. The quantitative estimate of drug-likeness (QED) is 0.346. The number of carbonyl (C=O) groups excluding carboxylic acids is 1. The molecule has 1 fully saturated rings. The van der Waals surface area contributed by atoms with Crippen molar-refractivity contribution in [3.05, 3.63) is 86.7 Å². The van der Waals surface area contributed by atoms with Crippen molar-refractivity contribution in [1.29, 1.82) is 0 Å². The lowest BCUT2D eigenvalue weighted by molar-refractivity contribution is -0.114. The highest BCUT2D eigenvalue weighted by molar-refractivity contribution is 8.05. The molecule has 1 atom stereocenters. The number of methoxy groups -OCH3 is 3. The third-order valence-electron chi connectivity index (χ3n) is 5.14. The molecule has 0 aromatic heterocycles. The van der Waals surface area contributed by atoms with E-state index in [1.54, 1.807) is 44.4 Å². The maximum atomic E-state index is 13.6. The first-order valence-electron chi connectivity index (χ1n) is 9.98. The molecule has 0 spiro atoms. The number of amides is 1. The van der Waals surface area contributed by atoms with E-state index in [1.165, 1.54) is 11.8 Å². The summed E-state index contributed by atoms with van der Waals surface area (Å²) in [4.78, 5) is 15.9. The fourth-order valence-corrected chi connectivity index (χ4v) is 5.22. The molecule has 4 rings (SSSR count). The molecule has 1 saturated heterocycles. The van der Waals surface area contributed by atoms with Crippen molar-refractivity contribution in [2.75, 3.05) is 26.2 Å². The molecule has 1 aliphatic heterocycles. The summed E-state index contributed by atoms with van der Waals surface area (Å²) in [5.74, 6) is 1.30. The van der Waals surface area contributed by atoms with E-state index >= 15 is 0 Å². The van der Waals surface area contributed by atoms with Crippen LogP contribution in [0.3, 0.4) is 0 Å². The number of hydrogen-bond donors (Lipinski definition) is 0.